The van der Waals surface area contributed by atoms with E-state index in [-0.39, 0.29) is 6.54 Å². The van der Waals surface area contributed by atoms with Crippen molar-refractivity contribution in [3.8, 4) is 0 Å². The van der Waals surface area contributed by atoms with Crippen molar-refractivity contribution in [1.29, 1.82) is 0 Å². The second kappa shape index (κ2) is 7.66. The van der Waals surface area contributed by atoms with Gasteiger partial charge in [-0.2, -0.15) is 13.2 Å². The van der Waals surface area contributed by atoms with Crippen LogP contribution in [-0.2, 0) is 16.1 Å². The summed E-state index contributed by atoms with van der Waals surface area (Å²) >= 11 is 5.86. The third-order valence-corrected chi connectivity index (χ3v) is 3.04. The number of nitrogens with zero attached hydrogens (tertiary/aromatic N) is 1. The maximum atomic E-state index is 12.1. The molecule has 0 aromatic heterocycles. The molecular formula is C14H17ClF3NO2. The first-order valence-corrected chi connectivity index (χ1v) is 6.82. The summed E-state index contributed by atoms with van der Waals surface area (Å²) in [4.78, 5) is 13.5. The summed E-state index contributed by atoms with van der Waals surface area (Å²) < 4.78 is 40.8. The van der Waals surface area contributed by atoms with Crippen LogP contribution >= 0.6 is 11.6 Å². The molecule has 1 amide bonds. The van der Waals surface area contributed by atoms with E-state index in [1.165, 1.54) is 11.8 Å². The lowest BCUT2D eigenvalue weighted by atomic mass is 10.2. The number of carbonyl (C=O) groups is 1. The molecule has 0 spiro atoms. The molecule has 3 nitrogen and oxygen atoms in total. The van der Waals surface area contributed by atoms with Crippen LogP contribution in [0.3, 0.4) is 0 Å². The number of benzene rings is 1. The molecule has 0 aliphatic rings. The topological polar surface area (TPSA) is 29.5 Å². The number of likely N-dealkylation sites (N-methyl/N-ethyl adjacent to an activating group) is 1. The summed E-state index contributed by atoms with van der Waals surface area (Å²) in [5, 5.41) is 0.539. The smallest absolute Gasteiger partial charge is 0.359 e. The van der Waals surface area contributed by atoms with Gasteiger partial charge < -0.3 is 9.64 Å². The molecule has 0 N–H and O–H groups in total. The Bertz CT molecular complexity index is 480. The average Bonchev–Trinajstić information content (AvgIpc) is 2.40. The number of carbonyl (C=O) groups excluding carboxylic acids is 1. The van der Waals surface area contributed by atoms with Crippen molar-refractivity contribution in [2.24, 2.45) is 0 Å². The van der Waals surface area contributed by atoms with Crippen molar-refractivity contribution >= 4 is 17.5 Å². The van der Waals surface area contributed by atoms with E-state index in [0.29, 0.717) is 11.6 Å². The molecular weight excluding hydrogens is 307 g/mol. The summed E-state index contributed by atoms with van der Waals surface area (Å²) in [5.41, 5.74) is 0.806. The van der Waals surface area contributed by atoms with Crippen molar-refractivity contribution in [3.63, 3.8) is 0 Å². The van der Waals surface area contributed by atoms with Gasteiger partial charge in [-0.25, -0.2) is 0 Å². The molecule has 0 heterocycles. The number of alkyl halides is 3. The summed E-state index contributed by atoms with van der Waals surface area (Å²) in [6.45, 7) is 2.27. The van der Waals surface area contributed by atoms with Crippen LogP contribution in [0.1, 0.15) is 19.4 Å². The Morgan fingerprint density at radius 1 is 1.43 bits per heavy atom. The van der Waals surface area contributed by atoms with Gasteiger partial charge in [-0.1, -0.05) is 23.7 Å². The standard InChI is InChI=1S/C14H17ClF3NO2/c1-3-19(8-11-5-4-6-12(15)7-11)13(20)10(2)21-9-14(16,17)18/h4-7,10H,3,8-9H2,1-2H3. The number of halogens is 4. The predicted molar refractivity (Wildman–Crippen MR) is 74.0 cm³/mol. The third-order valence-electron chi connectivity index (χ3n) is 2.80. The lowest BCUT2D eigenvalue weighted by molar-refractivity contribution is -0.188. The molecule has 0 saturated heterocycles. The fraction of sp³-hybridized carbons (Fsp3) is 0.500. The molecule has 0 aliphatic carbocycles. The van der Waals surface area contributed by atoms with Gasteiger partial charge in [0.2, 0.25) is 0 Å². The minimum Gasteiger partial charge on any atom is -0.359 e. The van der Waals surface area contributed by atoms with E-state index in [9.17, 15) is 18.0 Å². The van der Waals surface area contributed by atoms with Gasteiger partial charge >= 0.3 is 6.18 Å². The quantitative estimate of drug-likeness (QED) is 0.799. The maximum Gasteiger partial charge on any atom is 0.411 e. The van der Waals surface area contributed by atoms with Gasteiger partial charge in [0.1, 0.15) is 12.7 Å². The molecule has 1 unspecified atom stereocenters. The Hall–Kier alpha value is -1.27. The molecule has 0 radical (unpaired) electrons. The molecule has 21 heavy (non-hydrogen) atoms. The van der Waals surface area contributed by atoms with E-state index in [1.54, 1.807) is 31.2 Å². The van der Waals surface area contributed by atoms with Gasteiger partial charge in [0.15, 0.2) is 0 Å². The van der Waals surface area contributed by atoms with Gasteiger partial charge in [0.25, 0.3) is 5.91 Å². The Labute approximate surface area is 126 Å². The maximum absolute atomic E-state index is 12.1. The Balaban J connectivity index is 2.64. The Kier molecular flexibility index (Phi) is 6.48. The largest absolute Gasteiger partial charge is 0.411 e. The molecule has 7 heteroatoms. The van der Waals surface area contributed by atoms with E-state index < -0.39 is 24.8 Å². The lowest BCUT2D eigenvalue weighted by Crippen LogP contribution is -2.39. The molecule has 0 saturated carbocycles. The minimum atomic E-state index is -4.45. The zero-order valence-electron chi connectivity index (χ0n) is 11.8. The van der Waals surface area contributed by atoms with E-state index in [2.05, 4.69) is 4.74 Å². The van der Waals surface area contributed by atoms with E-state index >= 15 is 0 Å². The fourth-order valence-electron chi connectivity index (χ4n) is 1.75. The highest BCUT2D eigenvalue weighted by atomic mass is 35.5. The average molecular weight is 324 g/mol. The lowest BCUT2D eigenvalue weighted by Gasteiger charge is -2.25. The summed E-state index contributed by atoms with van der Waals surface area (Å²) in [6.07, 6.45) is -5.59. The van der Waals surface area contributed by atoms with E-state index in [0.717, 1.165) is 5.56 Å². The second-order valence-electron chi connectivity index (χ2n) is 4.55. The molecule has 0 fully saturated rings. The number of amides is 1. The molecule has 1 rings (SSSR count). The second-order valence-corrected chi connectivity index (χ2v) is 4.99. The molecule has 1 aromatic carbocycles. The van der Waals surface area contributed by atoms with Crippen LogP contribution in [0, 0.1) is 0 Å². The third kappa shape index (κ3) is 6.35. The fourth-order valence-corrected chi connectivity index (χ4v) is 1.96. The van der Waals surface area contributed by atoms with Crippen LogP contribution in [-0.4, -0.2) is 36.2 Å². The van der Waals surface area contributed by atoms with Gasteiger partial charge in [-0.3, -0.25) is 4.79 Å². The van der Waals surface area contributed by atoms with Crippen LogP contribution in [0.4, 0.5) is 13.2 Å². The van der Waals surface area contributed by atoms with Crippen molar-refractivity contribution in [1.82, 2.24) is 4.90 Å². The number of rotatable bonds is 6. The molecule has 0 aliphatic heterocycles. The first kappa shape index (κ1) is 17.8. The predicted octanol–water partition coefficient (Wildman–Crippen LogP) is 3.66. The van der Waals surface area contributed by atoms with Gasteiger partial charge in [-0.05, 0) is 31.5 Å². The zero-order valence-corrected chi connectivity index (χ0v) is 12.5. The number of hydrogen-bond acceptors (Lipinski definition) is 2. The molecule has 118 valence electrons. The first-order valence-electron chi connectivity index (χ1n) is 6.44. The van der Waals surface area contributed by atoms with Gasteiger partial charge in [0, 0.05) is 18.1 Å². The normalized spacial score (nSPS) is 13.0. The van der Waals surface area contributed by atoms with Crippen LogP contribution in [0.2, 0.25) is 5.02 Å². The van der Waals surface area contributed by atoms with E-state index in [1.807, 2.05) is 0 Å². The highest BCUT2D eigenvalue weighted by Crippen LogP contribution is 2.17. The first-order chi connectivity index (χ1) is 9.73. The van der Waals surface area contributed by atoms with Gasteiger partial charge in [-0.15, -0.1) is 0 Å². The molecule has 1 atom stereocenters. The van der Waals surface area contributed by atoms with Crippen molar-refractivity contribution in [2.75, 3.05) is 13.2 Å². The van der Waals surface area contributed by atoms with Crippen LogP contribution < -0.4 is 0 Å². The van der Waals surface area contributed by atoms with Crippen LogP contribution in [0.15, 0.2) is 24.3 Å². The summed E-state index contributed by atoms with van der Waals surface area (Å²) in [7, 11) is 0. The highest BCUT2D eigenvalue weighted by Gasteiger charge is 2.30. The van der Waals surface area contributed by atoms with Gasteiger partial charge in [0.05, 0.1) is 0 Å². The molecule has 0 bridgehead atoms. The monoisotopic (exact) mass is 323 g/mol. The summed E-state index contributed by atoms with van der Waals surface area (Å²) in [5.74, 6) is -0.485. The summed E-state index contributed by atoms with van der Waals surface area (Å²) in [6, 6.07) is 6.96. The SMILES string of the molecule is CCN(Cc1cccc(Cl)c1)C(=O)C(C)OCC(F)(F)F. The van der Waals surface area contributed by atoms with Crippen LogP contribution in [0.5, 0.6) is 0 Å². The van der Waals surface area contributed by atoms with Crippen molar-refractivity contribution in [3.05, 3.63) is 34.9 Å². The highest BCUT2D eigenvalue weighted by molar-refractivity contribution is 6.30. The van der Waals surface area contributed by atoms with Crippen molar-refractivity contribution in [2.45, 2.75) is 32.7 Å². The number of hydrogen-bond donors (Lipinski definition) is 0. The van der Waals surface area contributed by atoms with Crippen molar-refractivity contribution < 1.29 is 22.7 Å². The zero-order chi connectivity index (χ0) is 16.0. The van der Waals surface area contributed by atoms with Crippen LogP contribution in [0.25, 0.3) is 0 Å². The Morgan fingerprint density at radius 2 is 2.10 bits per heavy atom. The Morgan fingerprint density at radius 3 is 2.62 bits per heavy atom. The molecule has 1 aromatic rings. The number of ether oxygens (including phenoxy) is 1. The minimum absolute atomic E-state index is 0.273. The van der Waals surface area contributed by atoms with E-state index in [4.69, 9.17) is 11.6 Å².